The summed E-state index contributed by atoms with van der Waals surface area (Å²) in [5.74, 6) is 0.610. The van der Waals surface area contributed by atoms with E-state index in [1.165, 1.54) is 0 Å². The molecule has 0 unspecified atom stereocenters. The van der Waals surface area contributed by atoms with Crippen LogP contribution in [0.3, 0.4) is 0 Å². The molecule has 0 saturated carbocycles. The zero-order valence-corrected chi connectivity index (χ0v) is 13.4. The Bertz CT molecular complexity index is 749. The molecular formula is C14H11BrClN5. The van der Waals surface area contributed by atoms with E-state index in [4.69, 9.17) is 17.3 Å². The molecule has 0 amide bonds. The Hall–Kier alpha value is -1.92. The normalized spacial score (nSPS) is 10.8. The maximum Gasteiger partial charge on any atom is 0.187 e. The van der Waals surface area contributed by atoms with Gasteiger partial charge in [-0.3, -0.25) is 0 Å². The summed E-state index contributed by atoms with van der Waals surface area (Å²) >= 11 is 9.55. The molecule has 0 aliphatic heterocycles. The summed E-state index contributed by atoms with van der Waals surface area (Å²) in [5.41, 5.74) is 9.04. The van der Waals surface area contributed by atoms with Crippen molar-refractivity contribution in [3.63, 3.8) is 0 Å². The number of anilines is 1. The van der Waals surface area contributed by atoms with Crippen molar-refractivity contribution in [3.8, 4) is 17.1 Å². The number of hydrogen-bond acceptors (Lipinski definition) is 4. The fraction of sp³-hybridized carbons (Fsp3) is 0.0714. The number of nitrogen functional groups attached to an aromatic ring is 1. The largest absolute Gasteiger partial charge is 0.398 e. The molecule has 0 aliphatic rings. The summed E-state index contributed by atoms with van der Waals surface area (Å²) < 4.78 is 2.71. The Morgan fingerprint density at radius 3 is 2.71 bits per heavy atom. The summed E-state index contributed by atoms with van der Waals surface area (Å²) in [5, 5.41) is 12.4. The van der Waals surface area contributed by atoms with E-state index in [0.717, 1.165) is 21.3 Å². The Balaban J connectivity index is 2.12. The van der Waals surface area contributed by atoms with Crippen molar-refractivity contribution in [2.45, 2.75) is 6.92 Å². The maximum absolute atomic E-state index is 6.07. The Labute approximate surface area is 134 Å². The number of aryl methyl sites for hydroxylation is 1. The molecule has 3 aromatic rings. The van der Waals surface area contributed by atoms with Gasteiger partial charge in [0.25, 0.3) is 0 Å². The molecule has 2 N–H and O–H groups in total. The number of halogens is 2. The van der Waals surface area contributed by atoms with Crippen molar-refractivity contribution < 1.29 is 0 Å². The van der Waals surface area contributed by atoms with Gasteiger partial charge in [0, 0.05) is 10.0 Å². The summed E-state index contributed by atoms with van der Waals surface area (Å²) in [6.07, 6.45) is 0. The minimum Gasteiger partial charge on any atom is -0.398 e. The number of tetrazole rings is 1. The standard InChI is InChI=1S/C14H11BrClN5/c1-8-6-10(3-4-11(8)15)21-14(18-19-20-21)9-2-5-13(17)12(16)7-9/h2-7H,17H2,1H3. The first kappa shape index (κ1) is 14.0. The van der Waals surface area contributed by atoms with Gasteiger partial charge in [-0.15, -0.1) is 5.10 Å². The highest BCUT2D eigenvalue weighted by Crippen LogP contribution is 2.27. The third-order valence-electron chi connectivity index (χ3n) is 3.11. The van der Waals surface area contributed by atoms with Crippen molar-refractivity contribution >= 4 is 33.2 Å². The second-order valence-corrected chi connectivity index (χ2v) is 5.85. The van der Waals surface area contributed by atoms with Crippen LogP contribution in [0.1, 0.15) is 5.56 Å². The van der Waals surface area contributed by atoms with Gasteiger partial charge in [-0.1, -0.05) is 27.5 Å². The summed E-state index contributed by atoms with van der Waals surface area (Å²) in [6, 6.07) is 11.2. The predicted molar refractivity (Wildman–Crippen MR) is 86.4 cm³/mol. The van der Waals surface area contributed by atoms with Gasteiger partial charge < -0.3 is 5.73 Å². The lowest BCUT2D eigenvalue weighted by Crippen LogP contribution is -2.00. The minimum atomic E-state index is 0.481. The molecule has 2 aromatic carbocycles. The first-order chi connectivity index (χ1) is 10.1. The van der Waals surface area contributed by atoms with Gasteiger partial charge in [0.1, 0.15) is 0 Å². The van der Waals surface area contributed by atoms with Crippen LogP contribution in [-0.4, -0.2) is 20.2 Å². The SMILES string of the molecule is Cc1cc(-n2nnnc2-c2ccc(N)c(Cl)c2)ccc1Br. The molecule has 21 heavy (non-hydrogen) atoms. The van der Waals surface area contributed by atoms with Gasteiger partial charge in [-0.2, -0.15) is 4.68 Å². The quantitative estimate of drug-likeness (QED) is 0.705. The summed E-state index contributed by atoms with van der Waals surface area (Å²) in [4.78, 5) is 0. The smallest absolute Gasteiger partial charge is 0.187 e. The number of hydrogen-bond donors (Lipinski definition) is 1. The van der Waals surface area contributed by atoms with E-state index in [1.807, 2.05) is 31.2 Å². The molecule has 1 aromatic heterocycles. The van der Waals surface area contributed by atoms with Gasteiger partial charge >= 0.3 is 0 Å². The highest BCUT2D eigenvalue weighted by Gasteiger charge is 2.12. The van der Waals surface area contributed by atoms with Crippen LogP contribution in [0, 0.1) is 6.92 Å². The van der Waals surface area contributed by atoms with E-state index >= 15 is 0 Å². The molecule has 3 rings (SSSR count). The summed E-state index contributed by atoms with van der Waals surface area (Å²) in [7, 11) is 0. The Morgan fingerprint density at radius 2 is 2.00 bits per heavy atom. The molecule has 7 heteroatoms. The average Bonchev–Trinajstić information content (AvgIpc) is 2.94. The van der Waals surface area contributed by atoms with Crippen LogP contribution in [0.25, 0.3) is 17.1 Å². The highest BCUT2D eigenvalue weighted by molar-refractivity contribution is 9.10. The lowest BCUT2D eigenvalue weighted by atomic mass is 10.2. The highest BCUT2D eigenvalue weighted by atomic mass is 79.9. The molecular weight excluding hydrogens is 354 g/mol. The lowest BCUT2D eigenvalue weighted by Gasteiger charge is -2.07. The van der Waals surface area contributed by atoms with Gasteiger partial charge in [-0.05, 0) is 59.3 Å². The molecule has 106 valence electrons. The Kier molecular flexibility index (Phi) is 3.65. The average molecular weight is 365 g/mol. The zero-order chi connectivity index (χ0) is 15.0. The molecule has 1 heterocycles. The van der Waals surface area contributed by atoms with Crippen LogP contribution in [-0.2, 0) is 0 Å². The number of nitrogens with two attached hydrogens (primary N) is 1. The predicted octanol–water partition coefficient (Wildman–Crippen LogP) is 3.64. The van der Waals surface area contributed by atoms with Crippen molar-refractivity contribution in [1.82, 2.24) is 20.2 Å². The van der Waals surface area contributed by atoms with Crippen LogP contribution in [0.5, 0.6) is 0 Å². The molecule has 0 fully saturated rings. The van der Waals surface area contributed by atoms with E-state index in [9.17, 15) is 0 Å². The van der Waals surface area contributed by atoms with Gasteiger partial charge in [0.05, 0.1) is 16.4 Å². The molecule has 0 atom stereocenters. The third kappa shape index (κ3) is 2.64. The van der Waals surface area contributed by atoms with Gasteiger partial charge in [-0.25, -0.2) is 0 Å². The van der Waals surface area contributed by atoms with E-state index in [2.05, 4.69) is 31.5 Å². The number of rotatable bonds is 2. The monoisotopic (exact) mass is 363 g/mol. The molecule has 0 bridgehead atoms. The number of aromatic nitrogens is 4. The minimum absolute atomic E-state index is 0.481. The fourth-order valence-corrected chi connectivity index (χ4v) is 2.40. The van der Waals surface area contributed by atoms with Crippen molar-refractivity contribution in [2.24, 2.45) is 0 Å². The fourth-order valence-electron chi connectivity index (χ4n) is 1.97. The Morgan fingerprint density at radius 1 is 1.19 bits per heavy atom. The number of nitrogens with zero attached hydrogens (tertiary/aromatic N) is 4. The molecule has 0 aliphatic carbocycles. The van der Waals surface area contributed by atoms with Crippen molar-refractivity contribution in [3.05, 3.63) is 51.5 Å². The number of benzene rings is 2. The van der Waals surface area contributed by atoms with Crippen molar-refractivity contribution in [2.75, 3.05) is 5.73 Å². The first-order valence-electron chi connectivity index (χ1n) is 6.16. The van der Waals surface area contributed by atoms with E-state index in [1.54, 1.807) is 16.8 Å². The lowest BCUT2D eigenvalue weighted by molar-refractivity contribution is 0.790. The van der Waals surface area contributed by atoms with Crippen LogP contribution in [0.2, 0.25) is 5.02 Å². The van der Waals surface area contributed by atoms with Crippen LogP contribution in [0.4, 0.5) is 5.69 Å². The second-order valence-electron chi connectivity index (χ2n) is 4.58. The second kappa shape index (κ2) is 5.46. The third-order valence-corrected chi connectivity index (χ3v) is 4.33. The summed E-state index contributed by atoms with van der Waals surface area (Å²) in [6.45, 7) is 2.01. The van der Waals surface area contributed by atoms with Crippen molar-refractivity contribution in [1.29, 1.82) is 0 Å². The van der Waals surface area contributed by atoms with Crippen LogP contribution >= 0.6 is 27.5 Å². The molecule has 0 spiro atoms. The van der Waals surface area contributed by atoms with Gasteiger partial charge in [0.15, 0.2) is 5.82 Å². The van der Waals surface area contributed by atoms with Crippen LogP contribution < -0.4 is 5.73 Å². The van der Waals surface area contributed by atoms with E-state index in [0.29, 0.717) is 16.5 Å². The zero-order valence-electron chi connectivity index (χ0n) is 11.1. The first-order valence-corrected chi connectivity index (χ1v) is 7.33. The maximum atomic E-state index is 6.07. The van der Waals surface area contributed by atoms with Gasteiger partial charge in [0.2, 0.25) is 0 Å². The molecule has 0 saturated heterocycles. The topological polar surface area (TPSA) is 69.6 Å². The van der Waals surface area contributed by atoms with E-state index in [-0.39, 0.29) is 0 Å². The molecule has 0 radical (unpaired) electrons. The molecule has 5 nitrogen and oxygen atoms in total. The van der Waals surface area contributed by atoms with Crippen LogP contribution in [0.15, 0.2) is 40.9 Å². The van der Waals surface area contributed by atoms with E-state index < -0.39 is 0 Å².